The molecule has 0 aromatic carbocycles. The molecule has 2 heteroatoms. The van der Waals surface area contributed by atoms with Gasteiger partial charge in [-0.2, -0.15) is 0 Å². The number of rotatable bonds is 0. The Morgan fingerprint density at radius 2 is 1.55 bits per heavy atom. The lowest BCUT2D eigenvalue weighted by Crippen LogP contribution is -2.16. The first-order valence-corrected chi connectivity index (χ1v) is 4.10. The van der Waals surface area contributed by atoms with Crippen molar-refractivity contribution in [1.29, 1.82) is 0 Å². The molecule has 2 nitrogen and oxygen atoms in total. The van der Waals surface area contributed by atoms with Gasteiger partial charge < -0.3 is 4.74 Å². The summed E-state index contributed by atoms with van der Waals surface area (Å²) in [5, 5.41) is 0. The predicted molar refractivity (Wildman–Crippen MR) is 45.3 cm³/mol. The molecule has 1 saturated carbocycles. The van der Waals surface area contributed by atoms with Gasteiger partial charge in [0.1, 0.15) is 0 Å². The molecule has 0 bridgehead atoms. The minimum Gasteiger partial charge on any atom is -0.469 e. The van der Waals surface area contributed by atoms with Gasteiger partial charge in [-0.15, -0.1) is 0 Å². The largest absolute Gasteiger partial charge is 0.469 e. The maximum absolute atomic E-state index is 9.59. The quantitative estimate of drug-likeness (QED) is 0.505. The second-order valence-electron chi connectivity index (χ2n) is 3.38. The molecule has 0 aliphatic heterocycles. The van der Waals surface area contributed by atoms with Gasteiger partial charge in [-0.05, 0) is 24.7 Å². The highest BCUT2D eigenvalue weighted by Crippen LogP contribution is 2.31. The summed E-state index contributed by atoms with van der Waals surface area (Å²) < 4.78 is 4.11. The number of ether oxygens (including phenoxy) is 1. The van der Waals surface area contributed by atoms with E-state index in [1.165, 1.54) is 26.9 Å². The summed E-state index contributed by atoms with van der Waals surface area (Å²) in [6, 6.07) is 0. The molecular weight excluding hydrogens is 140 g/mol. The van der Waals surface area contributed by atoms with Crippen molar-refractivity contribution in [1.82, 2.24) is 0 Å². The van der Waals surface area contributed by atoms with E-state index in [1.807, 2.05) is 0 Å². The van der Waals surface area contributed by atoms with E-state index in [1.54, 1.807) is 0 Å². The fourth-order valence-corrected chi connectivity index (χ4v) is 1.30. The summed E-state index contributed by atoms with van der Waals surface area (Å²) in [6.45, 7) is 6.00. The summed E-state index contributed by atoms with van der Waals surface area (Å²) in [5.41, 5.74) is 0. The predicted octanol–water partition coefficient (Wildman–Crippen LogP) is 2.23. The summed E-state index contributed by atoms with van der Waals surface area (Å²) in [5.74, 6) is 1.84. The van der Waals surface area contributed by atoms with Gasteiger partial charge in [-0.3, -0.25) is 4.79 Å². The Morgan fingerprint density at radius 1 is 1.27 bits per heavy atom. The number of hydrogen-bond donors (Lipinski definition) is 0. The van der Waals surface area contributed by atoms with Crippen LogP contribution in [0.3, 0.4) is 0 Å². The molecule has 0 heterocycles. The third-order valence-corrected chi connectivity index (χ3v) is 1.90. The molecule has 66 valence electrons. The van der Waals surface area contributed by atoms with Gasteiger partial charge >= 0.3 is 5.97 Å². The van der Waals surface area contributed by atoms with E-state index in [0.717, 1.165) is 11.8 Å². The van der Waals surface area contributed by atoms with Crippen LogP contribution in [0.1, 0.15) is 33.6 Å². The van der Waals surface area contributed by atoms with Crippen LogP contribution in [-0.2, 0) is 9.53 Å². The van der Waals surface area contributed by atoms with Crippen molar-refractivity contribution >= 4 is 5.97 Å². The molecule has 0 unspecified atom stereocenters. The van der Waals surface area contributed by atoms with Crippen LogP contribution in [-0.4, -0.2) is 13.1 Å². The highest BCUT2D eigenvalue weighted by molar-refractivity contribution is 5.65. The second kappa shape index (κ2) is 5.16. The minimum absolute atomic E-state index is 0.245. The molecule has 0 amide bonds. The molecular formula is C9H18O2. The smallest absolute Gasteiger partial charge is 0.302 e. The van der Waals surface area contributed by atoms with E-state index in [-0.39, 0.29) is 5.97 Å². The Kier molecular flexibility index (Phi) is 4.92. The number of carbonyl (C=O) groups excluding carboxylic acids is 1. The Bertz CT molecular complexity index is 109. The first-order valence-electron chi connectivity index (χ1n) is 4.10. The van der Waals surface area contributed by atoms with Crippen molar-refractivity contribution in [2.75, 3.05) is 7.11 Å². The average Bonchev–Trinajstić information content (AvgIpc) is 1.87. The van der Waals surface area contributed by atoms with E-state index < -0.39 is 0 Å². The lowest BCUT2D eigenvalue weighted by Gasteiger charge is -2.28. The Morgan fingerprint density at radius 3 is 1.55 bits per heavy atom. The minimum atomic E-state index is -0.245. The number of methoxy groups -OCH3 is 1. The molecule has 0 atom stereocenters. The third-order valence-electron chi connectivity index (χ3n) is 1.90. The second-order valence-corrected chi connectivity index (χ2v) is 3.38. The molecule has 0 saturated heterocycles. The third kappa shape index (κ3) is 5.89. The Hall–Kier alpha value is -0.530. The van der Waals surface area contributed by atoms with E-state index in [4.69, 9.17) is 0 Å². The highest BCUT2D eigenvalue weighted by Gasteiger charge is 2.19. The van der Waals surface area contributed by atoms with Crippen molar-refractivity contribution in [3.63, 3.8) is 0 Å². The van der Waals surface area contributed by atoms with Gasteiger partial charge in [0, 0.05) is 6.92 Å². The summed E-state index contributed by atoms with van der Waals surface area (Å²) in [4.78, 5) is 9.59. The fraction of sp³-hybridized carbons (Fsp3) is 0.889. The molecule has 0 radical (unpaired) electrons. The Labute approximate surface area is 68.9 Å². The zero-order valence-corrected chi connectivity index (χ0v) is 7.89. The van der Waals surface area contributed by atoms with Crippen molar-refractivity contribution in [2.45, 2.75) is 33.6 Å². The zero-order valence-electron chi connectivity index (χ0n) is 7.89. The SMILES string of the molecule is CC1CC(C)C1.COC(C)=O. The number of esters is 1. The van der Waals surface area contributed by atoms with E-state index in [2.05, 4.69) is 18.6 Å². The van der Waals surface area contributed by atoms with Gasteiger partial charge in [0.05, 0.1) is 7.11 Å². The molecule has 11 heavy (non-hydrogen) atoms. The van der Waals surface area contributed by atoms with Crippen LogP contribution < -0.4 is 0 Å². The summed E-state index contributed by atoms with van der Waals surface area (Å²) in [7, 11) is 1.35. The van der Waals surface area contributed by atoms with Gasteiger partial charge in [-0.25, -0.2) is 0 Å². The lowest BCUT2D eigenvalue weighted by atomic mass is 9.78. The van der Waals surface area contributed by atoms with Gasteiger partial charge in [0.2, 0.25) is 0 Å². The maximum Gasteiger partial charge on any atom is 0.302 e. The maximum atomic E-state index is 9.59. The van der Waals surface area contributed by atoms with Crippen LogP contribution >= 0.6 is 0 Å². The highest BCUT2D eigenvalue weighted by atomic mass is 16.5. The van der Waals surface area contributed by atoms with Crippen LogP contribution in [0.15, 0.2) is 0 Å². The molecule has 1 aliphatic rings. The molecule has 1 fully saturated rings. The van der Waals surface area contributed by atoms with Crippen molar-refractivity contribution < 1.29 is 9.53 Å². The summed E-state index contributed by atoms with van der Waals surface area (Å²) >= 11 is 0. The first-order chi connectivity index (χ1) is 5.06. The number of hydrogen-bond acceptors (Lipinski definition) is 2. The molecule has 0 N–H and O–H groups in total. The van der Waals surface area contributed by atoms with E-state index >= 15 is 0 Å². The fourth-order valence-electron chi connectivity index (χ4n) is 1.30. The zero-order chi connectivity index (χ0) is 8.85. The van der Waals surface area contributed by atoms with Crippen LogP contribution in [0.2, 0.25) is 0 Å². The van der Waals surface area contributed by atoms with Gasteiger partial charge in [0.15, 0.2) is 0 Å². The first kappa shape index (κ1) is 10.5. The molecule has 1 aliphatic carbocycles. The van der Waals surface area contributed by atoms with Crippen LogP contribution in [0.4, 0.5) is 0 Å². The van der Waals surface area contributed by atoms with Crippen molar-refractivity contribution in [3.05, 3.63) is 0 Å². The van der Waals surface area contributed by atoms with E-state index in [9.17, 15) is 4.79 Å². The standard InChI is InChI=1S/C6H12.C3H6O2/c1-5-3-6(2)4-5;1-3(4)5-2/h5-6H,3-4H2,1-2H3;1-2H3. The van der Waals surface area contributed by atoms with Gasteiger partial charge in [-0.1, -0.05) is 13.8 Å². The van der Waals surface area contributed by atoms with Crippen LogP contribution in [0.25, 0.3) is 0 Å². The van der Waals surface area contributed by atoms with Crippen LogP contribution in [0.5, 0.6) is 0 Å². The summed E-state index contributed by atoms with van der Waals surface area (Å²) in [6.07, 6.45) is 2.94. The van der Waals surface area contributed by atoms with Crippen molar-refractivity contribution in [2.24, 2.45) is 11.8 Å². The monoisotopic (exact) mass is 158 g/mol. The molecule has 0 spiro atoms. The molecule has 1 rings (SSSR count). The van der Waals surface area contributed by atoms with E-state index in [0.29, 0.717) is 0 Å². The lowest BCUT2D eigenvalue weighted by molar-refractivity contribution is -0.137. The Balaban J connectivity index is 0.000000187. The van der Waals surface area contributed by atoms with Crippen LogP contribution in [0, 0.1) is 11.8 Å². The number of carbonyl (C=O) groups is 1. The normalized spacial score (nSPS) is 27.6. The molecule has 0 aromatic heterocycles. The average molecular weight is 158 g/mol. The van der Waals surface area contributed by atoms with Crippen molar-refractivity contribution in [3.8, 4) is 0 Å². The molecule has 0 aromatic rings. The topological polar surface area (TPSA) is 26.3 Å². The van der Waals surface area contributed by atoms with Gasteiger partial charge in [0.25, 0.3) is 0 Å².